The predicted molar refractivity (Wildman–Crippen MR) is 102 cm³/mol. The molecule has 0 aromatic carbocycles. The van der Waals surface area contributed by atoms with Crippen LogP contribution in [-0.4, -0.2) is 39.3 Å². The highest BCUT2D eigenvalue weighted by Crippen LogP contribution is 2.45. The molecule has 5 heteroatoms. The smallest absolute Gasteiger partial charge is 0.332 e. The van der Waals surface area contributed by atoms with Crippen LogP contribution in [0.15, 0.2) is 12.2 Å². The van der Waals surface area contributed by atoms with Crippen molar-refractivity contribution >= 4 is 11.8 Å². The molecule has 0 radical (unpaired) electrons. The van der Waals surface area contributed by atoms with Gasteiger partial charge >= 0.3 is 5.97 Å². The van der Waals surface area contributed by atoms with Crippen LogP contribution in [0.2, 0.25) is 0 Å². The molecule has 1 saturated carbocycles. The Kier molecular flexibility index (Phi) is 10.1. The van der Waals surface area contributed by atoms with Gasteiger partial charge in [0.25, 0.3) is 0 Å². The minimum Gasteiger partial charge on any atom is -0.479 e. The number of hydrogen-bond donors (Lipinski definition) is 3. The van der Waals surface area contributed by atoms with Crippen molar-refractivity contribution in [3.8, 4) is 0 Å². The molecule has 1 aliphatic rings. The Bertz CT molecular complexity index is 473. The molecular formula is C21H36O5. The Labute approximate surface area is 157 Å². The topological polar surface area (TPSA) is 94.8 Å². The number of allylic oxidation sites excluding steroid dienone is 1. The third-order valence-electron chi connectivity index (χ3n) is 5.77. The van der Waals surface area contributed by atoms with Crippen LogP contribution in [0.1, 0.15) is 84.5 Å². The summed E-state index contributed by atoms with van der Waals surface area (Å²) in [5.74, 6) is -0.718. The summed E-state index contributed by atoms with van der Waals surface area (Å²) < 4.78 is 0. The molecular weight excluding hydrogens is 332 g/mol. The molecule has 150 valence electrons. The lowest BCUT2D eigenvalue weighted by atomic mass is 9.74. The number of aliphatic carboxylic acids is 1. The van der Waals surface area contributed by atoms with Crippen LogP contribution >= 0.6 is 0 Å². The molecule has 1 aliphatic carbocycles. The first-order valence-electron chi connectivity index (χ1n) is 10.1. The highest BCUT2D eigenvalue weighted by molar-refractivity contribution is 5.87. The van der Waals surface area contributed by atoms with E-state index in [1.165, 1.54) is 0 Å². The van der Waals surface area contributed by atoms with Crippen LogP contribution < -0.4 is 0 Å². The van der Waals surface area contributed by atoms with Crippen molar-refractivity contribution in [1.29, 1.82) is 0 Å². The van der Waals surface area contributed by atoms with Crippen molar-refractivity contribution < 1.29 is 24.9 Å². The first kappa shape index (κ1) is 22.8. The summed E-state index contributed by atoms with van der Waals surface area (Å²) in [7, 11) is 0. The van der Waals surface area contributed by atoms with Crippen LogP contribution in [0.4, 0.5) is 0 Å². The number of carboxylic acid groups (broad SMARTS) is 1. The summed E-state index contributed by atoms with van der Waals surface area (Å²) in [6.45, 7) is 4.16. The van der Waals surface area contributed by atoms with Crippen molar-refractivity contribution in [2.45, 2.75) is 96.7 Å². The second-order valence-electron chi connectivity index (χ2n) is 7.89. The van der Waals surface area contributed by atoms with Gasteiger partial charge in [0, 0.05) is 11.8 Å². The van der Waals surface area contributed by atoms with E-state index in [4.69, 9.17) is 5.11 Å². The van der Waals surface area contributed by atoms with Gasteiger partial charge in [0.15, 0.2) is 6.10 Å². The fourth-order valence-corrected chi connectivity index (χ4v) is 3.82. The molecule has 0 spiro atoms. The molecule has 0 aliphatic heterocycles. The maximum absolute atomic E-state index is 12.4. The van der Waals surface area contributed by atoms with Crippen molar-refractivity contribution in [2.24, 2.45) is 11.3 Å². The summed E-state index contributed by atoms with van der Waals surface area (Å²) in [4.78, 5) is 23.0. The second kappa shape index (κ2) is 11.5. The largest absolute Gasteiger partial charge is 0.479 e. The Morgan fingerprint density at radius 1 is 1.19 bits per heavy atom. The molecule has 5 nitrogen and oxygen atoms in total. The van der Waals surface area contributed by atoms with Crippen molar-refractivity contribution in [3.05, 3.63) is 12.2 Å². The van der Waals surface area contributed by atoms with E-state index in [1.807, 2.05) is 19.1 Å². The Hall–Kier alpha value is -1.20. The number of carbonyl (C=O) groups excluding carboxylic acids is 1. The van der Waals surface area contributed by atoms with Crippen LogP contribution in [0.5, 0.6) is 0 Å². The van der Waals surface area contributed by atoms with E-state index in [0.29, 0.717) is 12.8 Å². The number of carbonyl (C=O) groups is 2. The SMILES string of the molecule is CCCCCC(O)C=C[C@H]1CCC(=O)[C@]1(C)CCCCCC(O)C(=O)O. The van der Waals surface area contributed by atoms with Gasteiger partial charge in [-0.2, -0.15) is 0 Å². The van der Waals surface area contributed by atoms with Gasteiger partial charge in [-0.15, -0.1) is 0 Å². The molecule has 1 fully saturated rings. The van der Waals surface area contributed by atoms with Gasteiger partial charge in [-0.05, 0) is 31.6 Å². The molecule has 0 aromatic rings. The van der Waals surface area contributed by atoms with Gasteiger partial charge in [-0.3, -0.25) is 4.79 Å². The van der Waals surface area contributed by atoms with Gasteiger partial charge in [0.05, 0.1) is 6.10 Å². The van der Waals surface area contributed by atoms with E-state index < -0.39 is 18.2 Å². The second-order valence-corrected chi connectivity index (χ2v) is 7.89. The fourth-order valence-electron chi connectivity index (χ4n) is 3.82. The van der Waals surface area contributed by atoms with Crippen molar-refractivity contribution in [2.75, 3.05) is 0 Å². The van der Waals surface area contributed by atoms with Gasteiger partial charge in [0.2, 0.25) is 0 Å². The quantitative estimate of drug-likeness (QED) is 0.339. The average Bonchev–Trinajstić information content (AvgIpc) is 2.87. The Morgan fingerprint density at radius 2 is 1.88 bits per heavy atom. The van der Waals surface area contributed by atoms with E-state index in [0.717, 1.165) is 51.4 Å². The lowest BCUT2D eigenvalue weighted by Gasteiger charge is -2.28. The van der Waals surface area contributed by atoms with E-state index in [1.54, 1.807) is 0 Å². The monoisotopic (exact) mass is 368 g/mol. The van der Waals surface area contributed by atoms with E-state index in [9.17, 15) is 19.8 Å². The number of carboxylic acids is 1. The highest BCUT2D eigenvalue weighted by atomic mass is 16.4. The maximum Gasteiger partial charge on any atom is 0.332 e. The molecule has 0 amide bonds. The normalized spacial score (nSPS) is 25.7. The van der Waals surface area contributed by atoms with Gasteiger partial charge < -0.3 is 15.3 Å². The molecule has 4 atom stereocenters. The van der Waals surface area contributed by atoms with E-state index >= 15 is 0 Å². The third-order valence-corrected chi connectivity index (χ3v) is 5.77. The molecule has 26 heavy (non-hydrogen) atoms. The standard InChI is InChI=1S/C21H36O5/c1-3-4-6-9-17(22)13-11-16-12-14-19(24)21(16,2)15-8-5-7-10-18(23)20(25)26/h11,13,16-18,22-23H,3-10,12,14-15H2,1-2H3,(H,25,26)/t16-,17?,18?,21+/m0/s1. The van der Waals surface area contributed by atoms with Crippen LogP contribution in [0.3, 0.4) is 0 Å². The zero-order valence-electron chi connectivity index (χ0n) is 16.3. The van der Waals surface area contributed by atoms with Crippen molar-refractivity contribution in [3.63, 3.8) is 0 Å². The van der Waals surface area contributed by atoms with Crippen LogP contribution in [0, 0.1) is 11.3 Å². The van der Waals surface area contributed by atoms with Crippen LogP contribution in [-0.2, 0) is 9.59 Å². The van der Waals surface area contributed by atoms with Gasteiger partial charge in [-0.25, -0.2) is 4.79 Å². The van der Waals surface area contributed by atoms with E-state index in [2.05, 4.69) is 6.92 Å². The van der Waals surface area contributed by atoms with Crippen LogP contribution in [0.25, 0.3) is 0 Å². The summed E-state index contributed by atoms with van der Waals surface area (Å²) in [6.07, 6.45) is 11.0. The fraction of sp³-hybridized carbons (Fsp3) is 0.810. The number of aliphatic hydroxyl groups is 2. The Morgan fingerprint density at radius 3 is 2.54 bits per heavy atom. The first-order chi connectivity index (χ1) is 12.3. The third kappa shape index (κ3) is 7.20. The van der Waals surface area contributed by atoms with Gasteiger partial charge in [0.1, 0.15) is 5.78 Å². The molecule has 0 heterocycles. The summed E-state index contributed by atoms with van der Waals surface area (Å²) in [6, 6.07) is 0. The zero-order valence-corrected chi connectivity index (χ0v) is 16.3. The molecule has 1 rings (SSSR count). The average molecular weight is 369 g/mol. The molecule has 0 bridgehead atoms. The lowest BCUT2D eigenvalue weighted by molar-refractivity contribution is -0.147. The predicted octanol–water partition coefficient (Wildman–Crippen LogP) is 3.87. The highest BCUT2D eigenvalue weighted by Gasteiger charge is 2.43. The zero-order chi connectivity index (χ0) is 19.6. The molecule has 3 N–H and O–H groups in total. The number of rotatable bonds is 13. The number of ketones is 1. The minimum atomic E-state index is -1.29. The number of Topliss-reactive ketones (excluding diaryl/α,β-unsaturated/α-hetero) is 1. The molecule has 0 saturated heterocycles. The molecule has 0 aromatic heterocycles. The number of hydrogen-bond acceptors (Lipinski definition) is 4. The number of aliphatic hydroxyl groups excluding tert-OH is 2. The summed E-state index contributed by atoms with van der Waals surface area (Å²) in [5, 5.41) is 28.0. The summed E-state index contributed by atoms with van der Waals surface area (Å²) in [5.41, 5.74) is -0.384. The maximum atomic E-state index is 12.4. The van der Waals surface area contributed by atoms with E-state index in [-0.39, 0.29) is 23.5 Å². The minimum absolute atomic E-state index is 0.167. The molecule has 2 unspecified atom stereocenters. The Balaban J connectivity index is 2.44. The number of unbranched alkanes of at least 4 members (excludes halogenated alkanes) is 4. The lowest BCUT2D eigenvalue weighted by Crippen LogP contribution is -2.28. The first-order valence-corrected chi connectivity index (χ1v) is 10.1. The van der Waals surface area contributed by atoms with Crippen molar-refractivity contribution in [1.82, 2.24) is 0 Å². The summed E-state index contributed by atoms with van der Waals surface area (Å²) >= 11 is 0. The van der Waals surface area contributed by atoms with Gasteiger partial charge in [-0.1, -0.05) is 64.5 Å².